The Kier molecular flexibility index (Phi) is 4.96. The van der Waals surface area contributed by atoms with Crippen LogP contribution < -0.4 is 21.3 Å². The number of halogens is 3. The van der Waals surface area contributed by atoms with Crippen molar-refractivity contribution in [3.8, 4) is 0 Å². The topological polar surface area (TPSA) is 125 Å². The van der Waals surface area contributed by atoms with Crippen LogP contribution in [-0.4, -0.2) is 38.8 Å². The van der Waals surface area contributed by atoms with E-state index in [2.05, 4.69) is 30.8 Å². The van der Waals surface area contributed by atoms with E-state index in [1.54, 1.807) is 18.3 Å². The highest BCUT2D eigenvalue weighted by molar-refractivity contribution is 6.03. The van der Waals surface area contributed by atoms with E-state index in [9.17, 15) is 18.0 Å². The predicted molar refractivity (Wildman–Crippen MR) is 116 cm³/mol. The summed E-state index contributed by atoms with van der Waals surface area (Å²) in [5.41, 5.74) is 7.26. The van der Waals surface area contributed by atoms with Crippen LogP contribution in [0.2, 0.25) is 0 Å². The predicted octanol–water partition coefficient (Wildman–Crippen LogP) is 3.43. The molecule has 3 heterocycles. The third-order valence-electron chi connectivity index (χ3n) is 5.34. The summed E-state index contributed by atoms with van der Waals surface area (Å²) in [5.74, 6) is -3.97. The molecule has 4 aromatic rings. The van der Waals surface area contributed by atoms with Crippen LogP contribution in [-0.2, 0) is 6.42 Å². The second-order valence-electron chi connectivity index (χ2n) is 7.50. The van der Waals surface area contributed by atoms with Gasteiger partial charge in [0.2, 0.25) is 5.95 Å². The molecule has 12 heteroatoms. The molecule has 5 rings (SSSR count). The number of nitrogens with one attached hydrogen (secondary N) is 3. The van der Waals surface area contributed by atoms with Crippen molar-refractivity contribution in [2.75, 3.05) is 27.8 Å². The number of aromatic nitrogens is 4. The van der Waals surface area contributed by atoms with Crippen LogP contribution in [0.3, 0.4) is 0 Å². The Morgan fingerprint density at radius 1 is 1.12 bits per heavy atom. The summed E-state index contributed by atoms with van der Waals surface area (Å²) in [6.07, 6.45) is 2.12. The molecule has 168 valence electrons. The molecule has 1 aliphatic rings. The van der Waals surface area contributed by atoms with Gasteiger partial charge in [0.1, 0.15) is 5.82 Å². The number of carbonyl (C=O) groups excluding carboxylic acids is 1. The van der Waals surface area contributed by atoms with Crippen LogP contribution in [0.25, 0.3) is 11.0 Å². The minimum Gasteiger partial charge on any atom is -0.368 e. The van der Waals surface area contributed by atoms with Gasteiger partial charge < -0.3 is 16.4 Å². The van der Waals surface area contributed by atoms with Gasteiger partial charge in [0.25, 0.3) is 0 Å². The third-order valence-corrected chi connectivity index (χ3v) is 5.34. The Bertz CT molecular complexity index is 1380. The first-order chi connectivity index (χ1) is 15.9. The number of H-pyrrole nitrogens is 1. The molecule has 0 saturated heterocycles. The Hall–Kier alpha value is -4.35. The molecular formula is C21H17F3N8O. The first-order valence-corrected chi connectivity index (χ1v) is 9.93. The molecule has 1 unspecified atom stereocenters. The quantitative estimate of drug-likeness (QED) is 0.352. The summed E-state index contributed by atoms with van der Waals surface area (Å²) in [7, 11) is 0. The van der Waals surface area contributed by atoms with E-state index < -0.39 is 29.2 Å². The van der Waals surface area contributed by atoms with Gasteiger partial charge in [0.05, 0.1) is 17.3 Å². The molecule has 1 atom stereocenters. The van der Waals surface area contributed by atoms with Gasteiger partial charge in [0.15, 0.2) is 23.1 Å². The third kappa shape index (κ3) is 3.75. The minimum absolute atomic E-state index is 0.0499. The zero-order chi connectivity index (χ0) is 23.1. The molecule has 2 aromatic heterocycles. The highest BCUT2D eigenvalue weighted by Gasteiger charge is 2.30. The highest BCUT2D eigenvalue weighted by atomic mass is 19.2. The van der Waals surface area contributed by atoms with Crippen LogP contribution in [0.4, 0.5) is 41.1 Å². The molecule has 2 amide bonds. The zero-order valence-electron chi connectivity index (χ0n) is 16.9. The van der Waals surface area contributed by atoms with Gasteiger partial charge in [0, 0.05) is 18.3 Å². The van der Waals surface area contributed by atoms with E-state index in [1.165, 1.54) is 4.90 Å². The number of hydrogen-bond donors (Lipinski definition) is 4. The van der Waals surface area contributed by atoms with E-state index >= 15 is 0 Å². The summed E-state index contributed by atoms with van der Waals surface area (Å²) >= 11 is 0. The van der Waals surface area contributed by atoms with Crippen molar-refractivity contribution in [1.82, 2.24) is 20.2 Å². The van der Waals surface area contributed by atoms with E-state index in [0.717, 1.165) is 17.7 Å². The van der Waals surface area contributed by atoms with Gasteiger partial charge in [-0.15, -0.1) is 0 Å². The normalized spacial score (nSPS) is 15.4. The number of hydrogen-bond acceptors (Lipinski definition) is 6. The number of fused-ring (bicyclic) bond motifs is 2. The lowest BCUT2D eigenvalue weighted by Crippen LogP contribution is -2.47. The van der Waals surface area contributed by atoms with Gasteiger partial charge in [-0.2, -0.15) is 15.1 Å². The Balaban J connectivity index is 1.44. The molecule has 33 heavy (non-hydrogen) atoms. The van der Waals surface area contributed by atoms with Gasteiger partial charge in [-0.25, -0.2) is 18.0 Å². The summed E-state index contributed by atoms with van der Waals surface area (Å²) in [6.45, 7) is 0.178. The lowest BCUT2D eigenvalue weighted by molar-refractivity contribution is 0.256. The number of urea groups is 1. The number of nitrogens with zero attached hydrogens (tertiary/aromatic N) is 4. The summed E-state index contributed by atoms with van der Waals surface area (Å²) < 4.78 is 41.0. The van der Waals surface area contributed by atoms with Gasteiger partial charge in [-0.1, -0.05) is 18.2 Å². The average molecular weight is 454 g/mol. The van der Waals surface area contributed by atoms with Crippen molar-refractivity contribution < 1.29 is 18.0 Å². The minimum atomic E-state index is -1.66. The highest BCUT2D eigenvalue weighted by Crippen LogP contribution is 2.30. The van der Waals surface area contributed by atoms with Crippen LogP contribution in [0, 0.1) is 17.5 Å². The fraction of sp³-hybridized carbons (Fsp3) is 0.143. The fourth-order valence-corrected chi connectivity index (χ4v) is 3.85. The van der Waals surface area contributed by atoms with Gasteiger partial charge in [-0.05, 0) is 30.2 Å². The molecule has 0 aliphatic carbocycles. The number of amides is 2. The monoisotopic (exact) mass is 454 g/mol. The number of nitrogens with two attached hydrogens (primary N) is 1. The maximum atomic E-state index is 14.1. The molecule has 0 radical (unpaired) electrons. The molecule has 0 fully saturated rings. The van der Waals surface area contributed by atoms with Crippen LogP contribution in [0.15, 0.2) is 42.6 Å². The van der Waals surface area contributed by atoms with Crippen LogP contribution in [0.5, 0.6) is 0 Å². The molecule has 0 bridgehead atoms. The van der Waals surface area contributed by atoms with Crippen molar-refractivity contribution in [3.05, 3.63) is 65.6 Å². The molecule has 0 spiro atoms. The number of benzene rings is 2. The van der Waals surface area contributed by atoms with Crippen molar-refractivity contribution in [1.29, 1.82) is 0 Å². The van der Waals surface area contributed by atoms with Crippen molar-refractivity contribution in [3.63, 3.8) is 0 Å². The second-order valence-corrected chi connectivity index (χ2v) is 7.50. The number of carbonyl (C=O) groups is 1. The van der Waals surface area contributed by atoms with E-state index in [-0.39, 0.29) is 18.5 Å². The van der Waals surface area contributed by atoms with Gasteiger partial charge >= 0.3 is 6.03 Å². The second kappa shape index (κ2) is 7.97. The first-order valence-electron chi connectivity index (χ1n) is 9.93. The van der Waals surface area contributed by atoms with Crippen molar-refractivity contribution in [2.24, 2.45) is 0 Å². The fourth-order valence-electron chi connectivity index (χ4n) is 3.85. The number of rotatable bonds is 3. The van der Waals surface area contributed by atoms with E-state index in [0.29, 0.717) is 29.0 Å². The Morgan fingerprint density at radius 2 is 1.94 bits per heavy atom. The van der Waals surface area contributed by atoms with Crippen molar-refractivity contribution >= 4 is 40.2 Å². The standard InChI is InChI=1S/C21H17F3N8O/c22-13-5-6-14(17(24)16(13)23)28-21(33)32-9-11(7-10-3-1-2-4-15(10)32)27-18-12-8-26-31-19(12)30-20(25)29-18/h1-6,8,11H,7,9H2,(H,28,33)(H4,25,26,27,29,30,31). The first kappa shape index (κ1) is 20.5. The van der Waals surface area contributed by atoms with Crippen LogP contribution in [0.1, 0.15) is 5.56 Å². The molecule has 2 aromatic carbocycles. The molecule has 5 N–H and O–H groups in total. The molecule has 0 saturated carbocycles. The number of aromatic amines is 1. The van der Waals surface area contributed by atoms with Crippen LogP contribution >= 0.6 is 0 Å². The SMILES string of the molecule is Nc1nc(NC2Cc3ccccc3N(C(=O)Nc3ccc(F)c(F)c3F)C2)c2cn[nH]c2n1. The number of para-hydroxylation sites is 1. The van der Waals surface area contributed by atoms with E-state index in [4.69, 9.17) is 5.73 Å². The lowest BCUT2D eigenvalue weighted by Gasteiger charge is -2.35. The summed E-state index contributed by atoms with van der Waals surface area (Å²) in [4.78, 5) is 22.8. The molecular weight excluding hydrogens is 437 g/mol. The van der Waals surface area contributed by atoms with E-state index in [1.807, 2.05) is 12.1 Å². The molecule has 9 nitrogen and oxygen atoms in total. The summed E-state index contributed by atoms with van der Waals surface area (Å²) in [6, 6.07) is 7.94. The maximum Gasteiger partial charge on any atom is 0.326 e. The van der Waals surface area contributed by atoms with Crippen molar-refractivity contribution in [2.45, 2.75) is 12.5 Å². The smallest absolute Gasteiger partial charge is 0.326 e. The zero-order valence-corrected chi connectivity index (χ0v) is 16.9. The number of nitrogen functional groups attached to an aromatic ring is 1. The van der Waals surface area contributed by atoms with Gasteiger partial charge in [-0.3, -0.25) is 10.00 Å². The molecule has 1 aliphatic heterocycles. The Morgan fingerprint density at radius 3 is 2.79 bits per heavy atom. The number of anilines is 4. The Labute approximate surface area is 184 Å². The lowest BCUT2D eigenvalue weighted by atomic mass is 9.98. The largest absolute Gasteiger partial charge is 0.368 e. The summed E-state index contributed by atoms with van der Waals surface area (Å²) in [5, 5.41) is 12.9. The average Bonchev–Trinajstić information content (AvgIpc) is 3.27. The maximum absolute atomic E-state index is 14.1.